The summed E-state index contributed by atoms with van der Waals surface area (Å²) >= 11 is 0. The second kappa shape index (κ2) is 6.81. The lowest BCUT2D eigenvalue weighted by atomic mass is 10.1. The van der Waals surface area contributed by atoms with Crippen LogP contribution in [0.5, 0.6) is 0 Å². The number of hydrogen-bond acceptors (Lipinski definition) is 5. The van der Waals surface area contributed by atoms with E-state index in [0.29, 0.717) is 12.6 Å². The molecule has 0 saturated carbocycles. The molecule has 5 nitrogen and oxygen atoms in total. The molecule has 0 spiro atoms. The molecule has 5 heteroatoms. The Bertz CT molecular complexity index is 439. The summed E-state index contributed by atoms with van der Waals surface area (Å²) < 4.78 is 10.6. The van der Waals surface area contributed by atoms with Gasteiger partial charge >= 0.3 is 0 Å². The van der Waals surface area contributed by atoms with E-state index in [2.05, 4.69) is 36.2 Å². The Kier molecular flexibility index (Phi) is 5.09. The SMILES string of the molecule is COCC(C)Nc1cc(N2CCOC[C@@H]2C)ccc1N. The van der Waals surface area contributed by atoms with Gasteiger partial charge in [0.1, 0.15) is 0 Å². The van der Waals surface area contributed by atoms with Crippen molar-refractivity contribution in [3.63, 3.8) is 0 Å². The Labute approximate surface area is 121 Å². The zero-order valence-electron chi connectivity index (χ0n) is 12.6. The van der Waals surface area contributed by atoms with E-state index in [1.165, 1.54) is 5.69 Å². The summed E-state index contributed by atoms with van der Waals surface area (Å²) in [6, 6.07) is 6.75. The summed E-state index contributed by atoms with van der Waals surface area (Å²) in [6.45, 7) is 7.36. The molecule has 1 fully saturated rings. The average Bonchev–Trinajstić information content (AvgIpc) is 2.42. The molecule has 2 atom stereocenters. The third-order valence-electron chi connectivity index (χ3n) is 3.55. The summed E-state index contributed by atoms with van der Waals surface area (Å²) in [5.74, 6) is 0. The Hall–Kier alpha value is -1.46. The maximum absolute atomic E-state index is 6.05. The number of benzene rings is 1. The van der Waals surface area contributed by atoms with Gasteiger partial charge in [0.2, 0.25) is 0 Å². The smallest absolute Gasteiger partial charge is 0.0668 e. The lowest BCUT2D eigenvalue weighted by molar-refractivity contribution is 0.0989. The molecule has 0 aromatic heterocycles. The number of nitrogens with one attached hydrogen (secondary N) is 1. The molecule has 1 aromatic rings. The van der Waals surface area contributed by atoms with Gasteiger partial charge in [-0.2, -0.15) is 0 Å². The van der Waals surface area contributed by atoms with Crippen LogP contribution in [0.25, 0.3) is 0 Å². The van der Waals surface area contributed by atoms with Crippen molar-refractivity contribution >= 4 is 17.1 Å². The first-order chi connectivity index (χ1) is 9.61. The molecular weight excluding hydrogens is 254 g/mol. The van der Waals surface area contributed by atoms with Crippen molar-refractivity contribution in [2.75, 3.05) is 49.4 Å². The quantitative estimate of drug-likeness (QED) is 0.807. The van der Waals surface area contributed by atoms with E-state index in [0.717, 1.165) is 31.1 Å². The maximum Gasteiger partial charge on any atom is 0.0668 e. The number of morpholine rings is 1. The fourth-order valence-corrected chi connectivity index (χ4v) is 2.52. The zero-order chi connectivity index (χ0) is 14.5. The molecule has 1 aromatic carbocycles. The van der Waals surface area contributed by atoms with Crippen LogP contribution in [0.3, 0.4) is 0 Å². The van der Waals surface area contributed by atoms with E-state index < -0.39 is 0 Å². The molecule has 1 aliphatic rings. The van der Waals surface area contributed by atoms with E-state index in [1.54, 1.807) is 7.11 Å². The predicted molar refractivity (Wildman–Crippen MR) is 83.4 cm³/mol. The number of nitrogen functional groups attached to an aromatic ring is 1. The molecule has 112 valence electrons. The number of nitrogens with zero attached hydrogens (tertiary/aromatic N) is 1. The van der Waals surface area contributed by atoms with Crippen LogP contribution in [0.4, 0.5) is 17.1 Å². The van der Waals surface area contributed by atoms with Crippen LogP contribution in [-0.2, 0) is 9.47 Å². The Morgan fingerprint density at radius 1 is 1.55 bits per heavy atom. The number of anilines is 3. The van der Waals surface area contributed by atoms with Gasteiger partial charge in [0.25, 0.3) is 0 Å². The highest BCUT2D eigenvalue weighted by Crippen LogP contribution is 2.28. The fourth-order valence-electron chi connectivity index (χ4n) is 2.52. The van der Waals surface area contributed by atoms with Gasteiger partial charge in [-0.15, -0.1) is 0 Å². The minimum Gasteiger partial charge on any atom is -0.397 e. The van der Waals surface area contributed by atoms with Gasteiger partial charge in [0.15, 0.2) is 0 Å². The Morgan fingerprint density at radius 3 is 3.05 bits per heavy atom. The molecule has 0 radical (unpaired) electrons. The number of nitrogens with two attached hydrogens (primary N) is 1. The summed E-state index contributed by atoms with van der Waals surface area (Å²) in [7, 11) is 1.70. The van der Waals surface area contributed by atoms with Gasteiger partial charge < -0.3 is 25.4 Å². The summed E-state index contributed by atoms with van der Waals surface area (Å²) in [5.41, 5.74) is 8.96. The van der Waals surface area contributed by atoms with Crippen LogP contribution in [-0.4, -0.2) is 45.6 Å². The molecule has 3 N–H and O–H groups in total. The van der Waals surface area contributed by atoms with Gasteiger partial charge in [-0.05, 0) is 32.0 Å². The number of rotatable bonds is 5. The largest absolute Gasteiger partial charge is 0.397 e. The van der Waals surface area contributed by atoms with Crippen LogP contribution >= 0.6 is 0 Å². The maximum atomic E-state index is 6.05. The van der Waals surface area contributed by atoms with E-state index in [-0.39, 0.29) is 6.04 Å². The topological polar surface area (TPSA) is 59.8 Å². The van der Waals surface area contributed by atoms with Gasteiger partial charge in [0, 0.05) is 31.4 Å². The second-order valence-electron chi connectivity index (χ2n) is 5.39. The molecular formula is C15H25N3O2. The van der Waals surface area contributed by atoms with Gasteiger partial charge in [-0.25, -0.2) is 0 Å². The highest BCUT2D eigenvalue weighted by molar-refractivity contribution is 5.72. The lowest BCUT2D eigenvalue weighted by Gasteiger charge is -2.35. The average molecular weight is 279 g/mol. The minimum absolute atomic E-state index is 0.222. The van der Waals surface area contributed by atoms with Crippen molar-refractivity contribution in [3.8, 4) is 0 Å². The normalized spacial score (nSPS) is 20.8. The van der Waals surface area contributed by atoms with Crippen molar-refractivity contribution in [3.05, 3.63) is 18.2 Å². The van der Waals surface area contributed by atoms with Crippen molar-refractivity contribution in [1.29, 1.82) is 0 Å². The van der Waals surface area contributed by atoms with Crippen molar-refractivity contribution < 1.29 is 9.47 Å². The minimum atomic E-state index is 0.222. The van der Waals surface area contributed by atoms with Crippen LogP contribution in [0.2, 0.25) is 0 Å². The Morgan fingerprint density at radius 2 is 2.35 bits per heavy atom. The van der Waals surface area contributed by atoms with Gasteiger partial charge in [0.05, 0.1) is 31.2 Å². The summed E-state index contributed by atoms with van der Waals surface area (Å²) in [4.78, 5) is 2.36. The molecule has 2 rings (SSSR count). The van der Waals surface area contributed by atoms with E-state index in [4.69, 9.17) is 15.2 Å². The molecule has 0 bridgehead atoms. The third kappa shape index (κ3) is 3.55. The van der Waals surface area contributed by atoms with Crippen LogP contribution in [0.15, 0.2) is 18.2 Å². The fraction of sp³-hybridized carbons (Fsp3) is 0.600. The number of hydrogen-bond donors (Lipinski definition) is 2. The predicted octanol–water partition coefficient (Wildman–Crippen LogP) is 1.94. The van der Waals surface area contributed by atoms with E-state index in [9.17, 15) is 0 Å². The highest BCUT2D eigenvalue weighted by Gasteiger charge is 2.19. The molecule has 1 heterocycles. The van der Waals surface area contributed by atoms with Crippen LogP contribution < -0.4 is 16.0 Å². The first-order valence-electron chi connectivity index (χ1n) is 7.11. The molecule has 1 unspecified atom stereocenters. The second-order valence-corrected chi connectivity index (χ2v) is 5.39. The van der Waals surface area contributed by atoms with Crippen LogP contribution in [0, 0.1) is 0 Å². The van der Waals surface area contributed by atoms with Gasteiger partial charge in [-0.3, -0.25) is 0 Å². The summed E-state index contributed by atoms with van der Waals surface area (Å²) in [5, 5.41) is 3.40. The number of methoxy groups -OCH3 is 1. The summed E-state index contributed by atoms with van der Waals surface area (Å²) in [6.07, 6.45) is 0. The van der Waals surface area contributed by atoms with Crippen molar-refractivity contribution in [1.82, 2.24) is 0 Å². The highest BCUT2D eigenvalue weighted by atomic mass is 16.5. The Balaban J connectivity index is 2.15. The van der Waals surface area contributed by atoms with Gasteiger partial charge in [-0.1, -0.05) is 0 Å². The zero-order valence-corrected chi connectivity index (χ0v) is 12.6. The van der Waals surface area contributed by atoms with E-state index >= 15 is 0 Å². The first-order valence-corrected chi connectivity index (χ1v) is 7.11. The molecule has 0 aliphatic carbocycles. The standard InChI is InChI=1S/C15H25N3O2/c1-11(9-19-3)17-15-8-13(4-5-14(15)16)18-6-7-20-10-12(18)2/h4-5,8,11-12,17H,6-7,9-10,16H2,1-3H3/t11?,12-/m0/s1. The first kappa shape index (κ1) is 14.9. The van der Waals surface area contributed by atoms with Crippen molar-refractivity contribution in [2.24, 2.45) is 0 Å². The monoisotopic (exact) mass is 279 g/mol. The van der Waals surface area contributed by atoms with Crippen molar-refractivity contribution in [2.45, 2.75) is 25.9 Å². The van der Waals surface area contributed by atoms with E-state index in [1.807, 2.05) is 6.07 Å². The molecule has 1 aliphatic heterocycles. The molecule has 1 saturated heterocycles. The third-order valence-corrected chi connectivity index (χ3v) is 3.55. The lowest BCUT2D eigenvalue weighted by Crippen LogP contribution is -2.43. The molecule has 0 amide bonds. The number of ether oxygens (including phenoxy) is 2. The molecule has 20 heavy (non-hydrogen) atoms. The van der Waals surface area contributed by atoms with Crippen LogP contribution in [0.1, 0.15) is 13.8 Å².